The Labute approximate surface area is 111 Å². The van der Waals surface area contributed by atoms with Crippen molar-refractivity contribution in [2.75, 3.05) is 0 Å². The molecule has 0 aliphatic carbocycles. The fraction of sp³-hybridized carbons (Fsp3) is 0.300. The number of aliphatic hydroxyl groups is 1. The van der Waals surface area contributed by atoms with E-state index in [0.717, 1.165) is 5.56 Å². The van der Waals surface area contributed by atoms with E-state index >= 15 is 0 Å². The largest absolute Gasteiger partial charge is 1.00 e. The van der Waals surface area contributed by atoms with Crippen LogP contribution in [0, 0.1) is 6.92 Å². The predicted molar refractivity (Wildman–Crippen MR) is 48.3 cm³/mol. The summed E-state index contributed by atoms with van der Waals surface area (Å²) in [6.07, 6.45) is -0.167. The molecule has 1 nitrogen and oxygen atoms in total. The van der Waals surface area contributed by atoms with Crippen molar-refractivity contribution in [2.45, 2.75) is 20.0 Å². The Balaban J connectivity index is -0.0000000650. The van der Waals surface area contributed by atoms with Gasteiger partial charge >= 0.3 is 0 Å². The maximum atomic E-state index is 8.06. The summed E-state index contributed by atoms with van der Waals surface area (Å²) in [5.74, 6) is 0. The van der Waals surface area contributed by atoms with Crippen molar-refractivity contribution >= 4 is 0 Å². The molecule has 0 aliphatic rings. The van der Waals surface area contributed by atoms with Gasteiger partial charge in [-0.2, -0.15) is 24.6 Å². The normalized spacial score (nSPS) is 6.86. The van der Waals surface area contributed by atoms with E-state index < -0.39 is 0 Å². The molecule has 0 saturated carbocycles. The molecule has 1 radical (unpaired) electrons. The summed E-state index contributed by atoms with van der Waals surface area (Å²) < 4.78 is 0. The van der Waals surface area contributed by atoms with Crippen molar-refractivity contribution in [3.8, 4) is 0 Å². The molecule has 0 spiro atoms. The second-order valence-corrected chi connectivity index (χ2v) is 2.58. The Kier molecular flexibility index (Phi) is 26.6. The Morgan fingerprint density at radius 1 is 1.07 bits per heavy atom. The smallest absolute Gasteiger partial charge is 0.0483 e. The summed E-state index contributed by atoms with van der Waals surface area (Å²) in [6, 6.07) is 9.87. The third kappa shape index (κ3) is 22.8. The third-order valence-electron chi connectivity index (χ3n) is 0.843. The van der Waals surface area contributed by atoms with Gasteiger partial charge in [-0.05, 0) is 13.8 Å². The minimum absolute atomic E-state index is 0. The van der Waals surface area contributed by atoms with Gasteiger partial charge in [0.15, 0.2) is 0 Å². The van der Waals surface area contributed by atoms with Crippen molar-refractivity contribution in [2.24, 2.45) is 0 Å². The van der Waals surface area contributed by atoms with Crippen LogP contribution in [0.1, 0.15) is 19.4 Å². The maximum Gasteiger partial charge on any atom is 0.0483 e. The van der Waals surface area contributed by atoms with Gasteiger partial charge < -0.3 is 29.9 Å². The van der Waals surface area contributed by atoms with E-state index in [1.807, 2.05) is 30.3 Å². The molecule has 0 amide bonds. The quantitative estimate of drug-likeness (QED) is 0.482. The fourth-order valence-corrected chi connectivity index (χ4v) is 0.478. The van der Waals surface area contributed by atoms with Crippen molar-refractivity contribution in [1.82, 2.24) is 0 Å². The number of halogens is 2. The van der Waals surface area contributed by atoms with Crippen molar-refractivity contribution in [1.29, 1.82) is 0 Å². The van der Waals surface area contributed by atoms with E-state index in [1.54, 1.807) is 13.8 Å². The van der Waals surface area contributed by atoms with Crippen LogP contribution in [-0.2, 0) is 18.6 Å². The van der Waals surface area contributed by atoms with Crippen LogP contribution in [0.15, 0.2) is 30.3 Å². The molecule has 0 aliphatic heterocycles. The van der Waals surface area contributed by atoms with Crippen LogP contribution in [0.2, 0.25) is 0 Å². The first-order valence-electron chi connectivity index (χ1n) is 3.68. The van der Waals surface area contributed by atoms with Gasteiger partial charge in [-0.1, -0.05) is 6.07 Å². The van der Waals surface area contributed by atoms with E-state index in [1.165, 1.54) is 0 Å². The molecule has 0 atom stereocenters. The molecule has 83 valence electrons. The van der Waals surface area contributed by atoms with E-state index in [4.69, 9.17) is 5.11 Å². The van der Waals surface area contributed by atoms with Crippen molar-refractivity contribution in [3.05, 3.63) is 42.8 Å². The van der Waals surface area contributed by atoms with E-state index in [9.17, 15) is 0 Å². The summed E-state index contributed by atoms with van der Waals surface area (Å²) in [5, 5.41) is 8.06. The van der Waals surface area contributed by atoms with E-state index in [2.05, 4.69) is 6.92 Å². The fourth-order valence-electron chi connectivity index (χ4n) is 0.478. The molecule has 1 rings (SSSR count). The molecule has 1 N–H and O–H groups in total. The zero-order valence-corrected chi connectivity index (χ0v) is 11.2. The molecule has 14 heavy (non-hydrogen) atoms. The van der Waals surface area contributed by atoms with Gasteiger partial charge in [-0.15, -0.1) is 12.1 Å². The zero-order chi connectivity index (χ0) is 8.69. The number of hydrogen-bond donors (Lipinski definition) is 1. The Morgan fingerprint density at radius 2 is 1.36 bits per heavy atom. The molecule has 0 saturated heterocycles. The second kappa shape index (κ2) is 15.7. The Morgan fingerprint density at radius 3 is 1.50 bits per heavy atom. The van der Waals surface area contributed by atoms with Crippen LogP contribution in [0.5, 0.6) is 0 Å². The summed E-state index contributed by atoms with van der Waals surface area (Å²) in [4.78, 5) is 0. The van der Waals surface area contributed by atoms with Gasteiger partial charge in [0.1, 0.15) is 0 Å². The maximum absolute atomic E-state index is 8.06. The Bertz CT molecular complexity index is 178. The molecule has 0 bridgehead atoms. The topological polar surface area (TPSA) is 20.2 Å². The number of benzene rings is 1. The minimum Gasteiger partial charge on any atom is -1.00 e. The van der Waals surface area contributed by atoms with Crippen LogP contribution in [-0.4, -0.2) is 11.2 Å². The molecule has 1 aromatic rings. The monoisotopic (exact) mass is 272 g/mol. The molecule has 0 unspecified atom stereocenters. The molecular weight excluding hydrogens is 258 g/mol. The predicted octanol–water partition coefficient (Wildman–Crippen LogP) is -3.74. The SMILES string of the molecule is CC(C)O.[CH2-]c1ccccc1.[Cl-].[Cl-].[V]. The number of aliphatic hydroxyl groups excluding tert-OH is 1. The number of rotatable bonds is 0. The average molecular weight is 273 g/mol. The zero-order valence-electron chi connectivity index (χ0n) is 8.32. The molecular formula is C10H15Cl2OV-3. The van der Waals surface area contributed by atoms with Crippen LogP contribution in [0.4, 0.5) is 0 Å². The number of hydrogen-bond acceptors (Lipinski definition) is 1. The van der Waals surface area contributed by atoms with Gasteiger partial charge in [-0.3, -0.25) is 0 Å². The van der Waals surface area contributed by atoms with Crippen LogP contribution in [0.3, 0.4) is 0 Å². The standard InChI is InChI=1S/C7H7.C3H8O.2ClH.V/c1-7-5-3-2-4-6-7;1-3(2)4;;;/h2-6H,1H2;3-4H,1-2H3;2*1H;/q-1;;;;/p-2. The minimum atomic E-state index is -0.167. The molecule has 1 aromatic carbocycles. The van der Waals surface area contributed by atoms with E-state index in [-0.39, 0.29) is 49.5 Å². The first kappa shape index (κ1) is 23.8. The summed E-state index contributed by atoms with van der Waals surface area (Å²) >= 11 is 0. The first-order valence-corrected chi connectivity index (χ1v) is 3.68. The summed E-state index contributed by atoms with van der Waals surface area (Å²) in [5.41, 5.74) is 1.07. The molecule has 0 heterocycles. The van der Waals surface area contributed by atoms with Gasteiger partial charge in [-0.25, -0.2) is 0 Å². The summed E-state index contributed by atoms with van der Waals surface area (Å²) in [7, 11) is 0. The Hall–Kier alpha value is 0.214. The van der Waals surface area contributed by atoms with Gasteiger partial charge in [0.2, 0.25) is 0 Å². The molecule has 0 fully saturated rings. The van der Waals surface area contributed by atoms with Crippen molar-refractivity contribution in [3.63, 3.8) is 0 Å². The summed E-state index contributed by atoms with van der Waals surface area (Å²) in [6.45, 7) is 7.16. The van der Waals surface area contributed by atoms with Crippen LogP contribution < -0.4 is 24.8 Å². The second-order valence-electron chi connectivity index (χ2n) is 2.58. The first-order chi connectivity index (χ1) is 5.13. The van der Waals surface area contributed by atoms with Crippen LogP contribution >= 0.6 is 0 Å². The average Bonchev–Trinajstić information content (AvgIpc) is 1.87. The van der Waals surface area contributed by atoms with Crippen molar-refractivity contribution < 1.29 is 48.5 Å². The molecule has 4 heteroatoms. The van der Waals surface area contributed by atoms with E-state index in [0.29, 0.717) is 0 Å². The third-order valence-corrected chi connectivity index (χ3v) is 0.843. The van der Waals surface area contributed by atoms with Gasteiger partial charge in [0.25, 0.3) is 0 Å². The molecule has 0 aromatic heterocycles. The van der Waals surface area contributed by atoms with Gasteiger partial charge in [0, 0.05) is 24.7 Å². The van der Waals surface area contributed by atoms with Crippen LogP contribution in [0.25, 0.3) is 0 Å². The van der Waals surface area contributed by atoms with Gasteiger partial charge in [0.05, 0.1) is 0 Å².